The summed E-state index contributed by atoms with van der Waals surface area (Å²) in [5, 5.41) is 0. The van der Waals surface area contributed by atoms with Gasteiger partial charge in [0, 0.05) is 0 Å². The lowest BCUT2D eigenvalue weighted by molar-refractivity contribution is 1.40. The molecule has 0 spiro atoms. The van der Waals surface area contributed by atoms with E-state index < -0.39 is 0 Å². The van der Waals surface area contributed by atoms with Crippen molar-refractivity contribution >= 4 is 0 Å². The lowest BCUT2D eigenvalue weighted by Crippen LogP contribution is -1.85. The van der Waals surface area contributed by atoms with Gasteiger partial charge in [-0.05, 0) is 37.5 Å². The second kappa shape index (κ2) is 21.0. The minimum Gasteiger partial charge on any atom is -0.0985 e. The van der Waals surface area contributed by atoms with E-state index in [1.165, 1.54) is 5.57 Å². The van der Waals surface area contributed by atoms with Gasteiger partial charge < -0.3 is 0 Å². The molecular weight excluding hydrogens is 216 g/mol. The summed E-state index contributed by atoms with van der Waals surface area (Å²) in [7, 11) is 0. The van der Waals surface area contributed by atoms with Gasteiger partial charge in [0.15, 0.2) is 0 Å². The molecule has 0 unspecified atom stereocenters. The van der Waals surface area contributed by atoms with Crippen molar-refractivity contribution in [1.29, 1.82) is 0 Å². The van der Waals surface area contributed by atoms with E-state index in [1.807, 2.05) is 53.7 Å². The van der Waals surface area contributed by atoms with Crippen molar-refractivity contribution in [2.75, 3.05) is 0 Å². The summed E-state index contributed by atoms with van der Waals surface area (Å²) in [6.45, 7) is 21.7. The number of rotatable bonds is 4. The van der Waals surface area contributed by atoms with Crippen LogP contribution in [0.4, 0.5) is 0 Å². The molecule has 0 aliphatic rings. The molecule has 0 atom stereocenters. The molecule has 0 radical (unpaired) electrons. The molecule has 0 saturated heterocycles. The third-order valence-electron chi connectivity index (χ3n) is 1.77. The number of hydrogen-bond donors (Lipinski definition) is 0. The van der Waals surface area contributed by atoms with E-state index in [0.717, 1.165) is 11.1 Å². The minimum atomic E-state index is 0. The first-order chi connectivity index (χ1) is 8.17. The van der Waals surface area contributed by atoms with E-state index in [9.17, 15) is 0 Å². The van der Waals surface area contributed by atoms with Crippen molar-refractivity contribution in [2.45, 2.75) is 55.9 Å². The SMILES string of the molecule is C.C=CC(=C)C(/C=C\C)=C(C)\C=C/C.CC.CC. The Hall–Kier alpha value is -1.30. The van der Waals surface area contributed by atoms with Gasteiger partial charge in [-0.3, -0.25) is 0 Å². The summed E-state index contributed by atoms with van der Waals surface area (Å²) in [5.41, 5.74) is 3.33. The highest BCUT2D eigenvalue weighted by atomic mass is 14.0. The van der Waals surface area contributed by atoms with Crippen molar-refractivity contribution in [2.24, 2.45) is 0 Å². The topological polar surface area (TPSA) is 0 Å². The summed E-state index contributed by atoms with van der Waals surface area (Å²) >= 11 is 0. The first kappa shape index (κ1) is 25.5. The van der Waals surface area contributed by atoms with Crippen LogP contribution in [0.1, 0.15) is 55.9 Å². The predicted molar refractivity (Wildman–Crippen MR) is 91.1 cm³/mol. The molecule has 0 aliphatic carbocycles. The number of allylic oxidation sites excluding steroid dienone is 8. The molecule has 0 aromatic rings. The van der Waals surface area contributed by atoms with Crippen LogP contribution in [0.15, 0.2) is 60.3 Å². The average molecular weight is 250 g/mol. The van der Waals surface area contributed by atoms with E-state index in [2.05, 4.69) is 32.2 Å². The van der Waals surface area contributed by atoms with Crippen molar-refractivity contribution in [3.8, 4) is 0 Å². The second-order valence-corrected chi connectivity index (χ2v) is 2.83. The fraction of sp³-hybridized carbons (Fsp3) is 0.444. The maximum atomic E-state index is 3.93. The van der Waals surface area contributed by atoms with Gasteiger partial charge in [0.1, 0.15) is 0 Å². The van der Waals surface area contributed by atoms with Gasteiger partial charge in [0.25, 0.3) is 0 Å². The fourth-order valence-corrected chi connectivity index (χ4v) is 1.11. The molecule has 0 amide bonds. The van der Waals surface area contributed by atoms with E-state index in [1.54, 1.807) is 6.08 Å². The van der Waals surface area contributed by atoms with Gasteiger partial charge in [-0.1, -0.05) is 78.7 Å². The average Bonchev–Trinajstić information content (AvgIpc) is 2.40. The Bertz CT molecular complexity index is 272. The van der Waals surface area contributed by atoms with Gasteiger partial charge in [-0.2, -0.15) is 0 Å². The molecule has 0 saturated carbocycles. The molecular formula is C18H34. The highest BCUT2D eigenvalue weighted by Gasteiger charge is 1.97. The Morgan fingerprint density at radius 3 is 1.56 bits per heavy atom. The zero-order valence-corrected chi connectivity index (χ0v) is 12.8. The quantitative estimate of drug-likeness (QED) is 0.477. The highest BCUT2D eigenvalue weighted by Crippen LogP contribution is 2.16. The molecule has 0 rings (SSSR count). The molecule has 0 heterocycles. The molecule has 0 aromatic heterocycles. The summed E-state index contributed by atoms with van der Waals surface area (Å²) in [5.74, 6) is 0. The lowest BCUT2D eigenvalue weighted by atomic mass is 10.0. The van der Waals surface area contributed by atoms with Crippen LogP contribution >= 0.6 is 0 Å². The Morgan fingerprint density at radius 1 is 0.889 bits per heavy atom. The third kappa shape index (κ3) is 12.8. The van der Waals surface area contributed by atoms with E-state index in [4.69, 9.17) is 0 Å². The van der Waals surface area contributed by atoms with Crippen molar-refractivity contribution in [3.05, 3.63) is 60.3 Å². The lowest BCUT2D eigenvalue weighted by Gasteiger charge is -2.04. The monoisotopic (exact) mass is 250 g/mol. The molecule has 0 aromatic carbocycles. The van der Waals surface area contributed by atoms with Gasteiger partial charge in [0.05, 0.1) is 0 Å². The van der Waals surface area contributed by atoms with Crippen LogP contribution in [0.5, 0.6) is 0 Å². The van der Waals surface area contributed by atoms with Crippen LogP contribution in [0.3, 0.4) is 0 Å². The Balaban J connectivity index is -0.000000177. The second-order valence-electron chi connectivity index (χ2n) is 2.83. The molecule has 0 aliphatic heterocycles. The van der Waals surface area contributed by atoms with Crippen LogP contribution in [0.25, 0.3) is 0 Å². The molecule has 0 bridgehead atoms. The van der Waals surface area contributed by atoms with Crippen LogP contribution in [-0.2, 0) is 0 Å². The first-order valence-corrected chi connectivity index (χ1v) is 6.45. The summed E-state index contributed by atoms with van der Waals surface area (Å²) in [4.78, 5) is 0. The van der Waals surface area contributed by atoms with E-state index in [0.29, 0.717) is 0 Å². The smallest absolute Gasteiger partial charge is 0.0164 e. The van der Waals surface area contributed by atoms with Gasteiger partial charge in [-0.15, -0.1) is 0 Å². The third-order valence-corrected chi connectivity index (χ3v) is 1.77. The summed E-state index contributed by atoms with van der Waals surface area (Å²) < 4.78 is 0. The Kier molecular flexibility index (Phi) is 29.8. The fourth-order valence-electron chi connectivity index (χ4n) is 1.11. The zero-order valence-electron chi connectivity index (χ0n) is 12.8. The van der Waals surface area contributed by atoms with Crippen LogP contribution < -0.4 is 0 Å². The Morgan fingerprint density at radius 2 is 1.28 bits per heavy atom. The maximum Gasteiger partial charge on any atom is -0.0164 e. The van der Waals surface area contributed by atoms with Crippen molar-refractivity contribution in [1.82, 2.24) is 0 Å². The van der Waals surface area contributed by atoms with Gasteiger partial charge >= 0.3 is 0 Å². The van der Waals surface area contributed by atoms with E-state index >= 15 is 0 Å². The highest BCUT2D eigenvalue weighted by molar-refractivity contribution is 5.49. The normalized spacial score (nSPS) is 10.4. The predicted octanol–water partition coefficient (Wildman–Crippen LogP) is 6.89. The summed E-state index contributed by atoms with van der Waals surface area (Å²) in [6, 6.07) is 0. The molecule has 0 nitrogen and oxygen atoms in total. The molecule has 0 N–H and O–H groups in total. The van der Waals surface area contributed by atoms with Crippen molar-refractivity contribution in [3.63, 3.8) is 0 Å². The molecule has 0 heteroatoms. The molecule has 0 fully saturated rings. The van der Waals surface area contributed by atoms with E-state index in [-0.39, 0.29) is 7.43 Å². The standard InChI is InChI=1S/C13H18.2C2H6.CH4/c1-6-9-12(5)13(10-7-2)11(4)8-3;2*1-2;/h6-10H,3-4H2,1-2,5H3;2*1-2H3;1H4/b9-6-,10-7-,13-12-;;;. The largest absolute Gasteiger partial charge is 0.0985 e. The zero-order chi connectivity index (χ0) is 14.3. The Labute approximate surface area is 117 Å². The summed E-state index contributed by atoms with van der Waals surface area (Å²) in [6.07, 6.45) is 9.94. The first-order valence-electron chi connectivity index (χ1n) is 6.45. The maximum absolute atomic E-state index is 3.93. The molecule has 106 valence electrons. The number of hydrogen-bond acceptors (Lipinski definition) is 0. The van der Waals surface area contributed by atoms with Crippen LogP contribution in [0.2, 0.25) is 0 Å². The van der Waals surface area contributed by atoms with Crippen LogP contribution in [0, 0.1) is 0 Å². The van der Waals surface area contributed by atoms with Gasteiger partial charge in [0.2, 0.25) is 0 Å². The minimum absolute atomic E-state index is 0. The van der Waals surface area contributed by atoms with Gasteiger partial charge in [-0.25, -0.2) is 0 Å². The molecule has 18 heavy (non-hydrogen) atoms. The van der Waals surface area contributed by atoms with Crippen LogP contribution in [-0.4, -0.2) is 0 Å². The van der Waals surface area contributed by atoms with Crippen molar-refractivity contribution < 1.29 is 0 Å².